The Balaban J connectivity index is 2.43. The van der Waals surface area contributed by atoms with Gasteiger partial charge >= 0.3 is 0 Å². The highest BCUT2D eigenvalue weighted by atomic mass is 79.9. The highest BCUT2D eigenvalue weighted by Crippen LogP contribution is 2.29. The highest BCUT2D eigenvalue weighted by Gasteiger charge is 2.07. The standard InChI is InChI=1S/C20H20Br2/c1-13(15(3)17-5-9-19(21)10-6-17)14(2)16(4)18-7-11-20(22)12-8-18/h5-12H,1-4H3/b15-13+,16-14+. The van der Waals surface area contributed by atoms with E-state index in [1.807, 2.05) is 0 Å². The molecule has 114 valence electrons. The lowest BCUT2D eigenvalue weighted by Gasteiger charge is -2.13. The summed E-state index contributed by atoms with van der Waals surface area (Å²) in [5, 5.41) is 0. The molecule has 0 aromatic heterocycles. The van der Waals surface area contributed by atoms with Crippen molar-refractivity contribution in [3.05, 3.63) is 79.7 Å². The summed E-state index contributed by atoms with van der Waals surface area (Å²) >= 11 is 6.98. The van der Waals surface area contributed by atoms with Gasteiger partial charge in [0.05, 0.1) is 0 Å². The monoisotopic (exact) mass is 418 g/mol. The molecular formula is C20H20Br2. The first kappa shape index (κ1) is 17.2. The van der Waals surface area contributed by atoms with Crippen molar-refractivity contribution in [1.82, 2.24) is 0 Å². The minimum atomic E-state index is 1.11. The van der Waals surface area contributed by atoms with E-state index < -0.39 is 0 Å². The van der Waals surface area contributed by atoms with Crippen molar-refractivity contribution >= 4 is 43.0 Å². The van der Waals surface area contributed by atoms with Gasteiger partial charge in [-0.05, 0) is 85.4 Å². The fourth-order valence-corrected chi connectivity index (χ4v) is 2.92. The van der Waals surface area contributed by atoms with Crippen LogP contribution in [0.25, 0.3) is 11.1 Å². The first-order chi connectivity index (χ1) is 10.4. The van der Waals surface area contributed by atoms with Gasteiger partial charge in [0, 0.05) is 8.95 Å². The van der Waals surface area contributed by atoms with Crippen molar-refractivity contribution in [1.29, 1.82) is 0 Å². The molecule has 0 radical (unpaired) electrons. The van der Waals surface area contributed by atoms with E-state index in [0.29, 0.717) is 0 Å². The van der Waals surface area contributed by atoms with E-state index in [1.165, 1.54) is 33.4 Å². The second-order valence-electron chi connectivity index (χ2n) is 5.51. The van der Waals surface area contributed by atoms with Gasteiger partial charge in [0.25, 0.3) is 0 Å². The molecule has 0 bridgehead atoms. The lowest BCUT2D eigenvalue weighted by atomic mass is 9.92. The number of hydrogen-bond donors (Lipinski definition) is 0. The lowest BCUT2D eigenvalue weighted by molar-refractivity contribution is 1.31. The van der Waals surface area contributed by atoms with Crippen LogP contribution in [0.3, 0.4) is 0 Å². The number of benzene rings is 2. The Morgan fingerprint density at radius 2 is 0.818 bits per heavy atom. The van der Waals surface area contributed by atoms with Crippen LogP contribution in [0.5, 0.6) is 0 Å². The average Bonchev–Trinajstić information content (AvgIpc) is 2.53. The zero-order valence-electron chi connectivity index (χ0n) is 13.4. The maximum absolute atomic E-state index is 3.49. The van der Waals surface area contributed by atoms with Crippen molar-refractivity contribution in [3.63, 3.8) is 0 Å². The molecule has 2 heteroatoms. The first-order valence-electron chi connectivity index (χ1n) is 7.27. The Morgan fingerprint density at radius 1 is 0.545 bits per heavy atom. The molecule has 0 aliphatic rings. The molecule has 0 saturated carbocycles. The molecule has 0 nitrogen and oxygen atoms in total. The van der Waals surface area contributed by atoms with Crippen LogP contribution in [0.4, 0.5) is 0 Å². The van der Waals surface area contributed by atoms with Crippen LogP contribution in [0.15, 0.2) is 68.6 Å². The van der Waals surface area contributed by atoms with Gasteiger partial charge in [-0.1, -0.05) is 56.1 Å². The van der Waals surface area contributed by atoms with Crippen LogP contribution in [0, 0.1) is 0 Å². The summed E-state index contributed by atoms with van der Waals surface area (Å²) in [6.07, 6.45) is 0. The second kappa shape index (κ2) is 7.43. The molecule has 2 aromatic rings. The van der Waals surface area contributed by atoms with Crippen molar-refractivity contribution < 1.29 is 0 Å². The molecule has 2 aromatic carbocycles. The van der Waals surface area contributed by atoms with E-state index >= 15 is 0 Å². The molecule has 0 heterocycles. The van der Waals surface area contributed by atoms with Crippen molar-refractivity contribution in [2.24, 2.45) is 0 Å². The molecule has 0 amide bonds. The van der Waals surface area contributed by atoms with Crippen molar-refractivity contribution in [2.75, 3.05) is 0 Å². The number of halogens is 2. The maximum atomic E-state index is 3.49. The van der Waals surface area contributed by atoms with Crippen molar-refractivity contribution in [3.8, 4) is 0 Å². The molecule has 0 aliphatic carbocycles. The molecule has 0 aliphatic heterocycles. The minimum absolute atomic E-state index is 1.11. The van der Waals surface area contributed by atoms with E-state index in [9.17, 15) is 0 Å². The summed E-state index contributed by atoms with van der Waals surface area (Å²) in [5.74, 6) is 0. The molecular weight excluding hydrogens is 400 g/mol. The second-order valence-corrected chi connectivity index (χ2v) is 7.35. The fraction of sp³-hybridized carbons (Fsp3) is 0.200. The topological polar surface area (TPSA) is 0 Å². The largest absolute Gasteiger partial charge is 0.0536 e. The van der Waals surface area contributed by atoms with Gasteiger partial charge in [0.15, 0.2) is 0 Å². The van der Waals surface area contributed by atoms with Gasteiger partial charge in [-0.3, -0.25) is 0 Å². The third-order valence-electron chi connectivity index (χ3n) is 4.24. The summed E-state index contributed by atoms with van der Waals surface area (Å²) in [7, 11) is 0. The molecule has 22 heavy (non-hydrogen) atoms. The van der Waals surface area contributed by atoms with Gasteiger partial charge in [0.1, 0.15) is 0 Å². The zero-order chi connectivity index (χ0) is 16.3. The van der Waals surface area contributed by atoms with Gasteiger partial charge in [-0.25, -0.2) is 0 Å². The van der Waals surface area contributed by atoms with Gasteiger partial charge in [0.2, 0.25) is 0 Å². The molecule has 0 fully saturated rings. The van der Waals surface area contributed by atoms with Crippen LogP contribution in [-0.2, 0) is 0 Å². The van der Waals surface area contributed by atoms with E-state index in [4.69, 9.17) is 0 Å². The van der Waals surface area contributed by atoms with Crippen molar-refractivity contribution in [2.45, 2.75) is 27.7 Å². The normalized spacial score (nSPS) is 13.5. The first-order valence-corrected chi connectivity index (χ1v) is 8.86. The highest BCUT2D eigenvalue weighted by molar-refractivity contribution is 9.10. The van der Waals surface area contributed by atoms with Crippen LogP contribution in [0.1, 0.15) is 38.8 Å². The predicted octanol–water partition coefficient (Wildman–Crippen LogP) is 7.50. The molecule has 0 atom stereocenters. The van der Waals surface area contributed by atoms with Crippen LogP contribution in [0.2, 0.25) is 0 Å². The van der Waals surface area contributed by atoms with Crippen LogP contribution >= 0.6 is 31.9 Å². The van der Waals surface area contributed by atoms with E-state index in [0.717, 1.165) is 8.95 Å². The smallest absolute Gasteiger partial charge is 0.0175 e. The Hall–Kier alpha value is -1.12. The summed E-state index contributed by atoms with van der Waals surface area (Å²) < 4.78 is 2.22. The minimum Gasteiger partial charge on any atom is -0.0536 e. The number of allylic oxidation sites excluding steroid dienone is 4. The maximum Gasteiger partial charge on any atom is 0.0175 e. The summed E-state index contributed by atoms with van der Waals surface area (Å²) in [4.78, 5) is 0. The Bertz CT molecular complexity index is 652. The molecule has 0 spiro atoms. The Kier molecular flexibility index (Phi) is 5.82. The van der Waals surface area contributed by atoms with E-state index in [1.54, 1.807) is 0 Å². The number of hydrogen-bond acceptors (Lipinski definition) is 0. The van der Waals surface area contributed by atoms with Gasteiger partial charge in [-0.15, -0.1) is 0 Å². The zero-order valence-corrected chi connectivity index (χ0v) is 16.5. The lowest BCUT2D eigenvalue weighted by Crippen LogP contribution is -1.91. The molecule has 0 N–H and O–H groups in total. The Labute approximate surface area is 150 Å². The number of rotatable bonds is 3. The predicted molar refractivity (Wildman–Crippen MR) is 105 cm³/mol. The SMILES string of the molecule is CC(/C(C)=C(\C)c1ccc(Br)cc1)=C(/C)c1ccc(Br)cc1. The fourth-order valence-electron chi connectivity index (χ4n) is 2.40. The summed E-state index contributed by atoms with van der Waals surface area (Å²) in [6.45, 7) is 8.79. The summed E-state index contributed by atoms with van der Waals surface area (Å²) in [5.41, 5.74) is 7.85. The summed E-state index contributed by atoms with van der Waals surface area (Å²) in [6, 6.07) is 17.0. The van der Waals surface area contributed by atoms with E-state index in [-0.39, 0.29) is 0 Å². The molecule has 0 saturated heterocycles. The molecule has 2 rings (SSSR count). The quantitative estimate of drug-likeness (QED) is 0.451. The third-order valence-corrected chi connectivity index (χ3v) is 5.30. The van der Waals surface area contributed by atoms with Crippen LogP contribution < -0.4 is 0 Å². The Morgan fingerprint density at radius 3 is 1.09 bits per heavy atom. The van der Waals surface area contributed by atoms with Crippen LogP contribution in [-0.4, -0.2) is 0 Å². The van der Waals surface area contributed by atoms with Gasteiger partial charge in [-0.2, -0.15) is 0 Å². The van der Waals surface area contributed by atoms with Gasteiger partial charge < -0.3 is 0 Å². The third kappa shape index (κ3) is 3.99. The van der Waals surface area contributed by atoms with E-state index in [2.05, 4.69) is 108 Å². The molecule has 0 unspecified atom stereocenters. The average molecular weight is 420 g/mol.